The Balaban J connectivity index is 2.01. The van der Waals surface area contributed by atoms with Gasteiger partial charge in [0.15, 0.2) is 0 Å². The molecule has 2 rings (SSSR count). The summed E-state index contributed by atoms with van der Waals surface area (Å²) < 4.78 is 6.99. The number of ether oxygens (including phenoxy) is 1. The Morgan fingerprint density at radius 2 is 2.33 bits per heavy atom. The molecule has 1 heterocycles. The molecule has 1 aliphatic rings. The van der Waals surface area contributed by atoms with Gasteiger partial charge in [0, 0.05) is 28.9 Å². The Morgan fingerprint density at radius 1 is 1.56 bits per heavy atom. The summed E-state index contributed by atoms with van der Waals surface area (Å²) in [5.74, 6) is 0.767. The van der Waals surface area contributed by atoms with Gasteiger partial charge in [-0.15, -0.1) is 11.3 Å². The summed E-state index contributed by atoms with van der Waals surface area (Å²) in [5.41, 5.74) is 0. The highest BCUT2D eigenvalue weighted by atomic mass is 79.9. The van der Waals surface area contributed by atoms with Crippen molar-refractivity contribution in [2.45, 2.75) is 44.8 Å². The van der Waals surface area contributed by atoms with Gasteiger partial charge in [-0.05, 0) is 59.1 Å². The van der Waals surface area contributed by atoms with Crippen molar-refractivity contribution in [1.29, 1.82) is 0 Å². The molecule has 1 aromatic heterocycles. The van der Waals surface area contributed by atoms with Crippen LogP contribution in [0.2, 0.25) is 0 Å². The summed E-state index contributed by atoms with van der Waals surface area (Å²) in [6.45, 7) is 3.28. The van der Waals surface area contributed by atoms with Crippen LogP contribution in [0.4, 0.5) is 0 Å². The Bertz CT molecular complexity index is 364. The van der Waals surface area contributed by atoms with E-state index in [-0.39, 0.29) is 0 Å². The van der Waals surface area contributed by atoms with Crippen molar-refractivity contribution in [2.24, 2.45) is 5.92 Å². The molecule has 0 spiro atoms. The van der Waals surface area contributed by atoms with E-state index in [9.17, 15) is 0 Å². The predicted octanol–water partition coefficient (Wildman–Crippen LogP) is 3.85. The minimum absolute atomic E-state index is 0.366. The summed E-state index contributed by atoms with van der Waals surface area (Å²) >= 11 is 5.46. The third-order valence-corrected chi connectivity index (χ3v) is 5.46. The van der Waals surface area contributed by atoms with Crippen LogP contribution in [0.15, 0.2) is 15.9 Å². The fourth-order valence-electron chi connectivity index (χ4n) is 2.41. The molecule has 0 radical (unpaired) electrons. The molecule has 1 saturated carbocycles. The quantitative estimate of drug-likeness (QED) is 0.781. The third-order valence-electron chi connectivity index (χ3n) is 3.51. The molecule has 0 amide bonds. The molecule has 2 unspecified atom stereocenters. The predicted molar refractivity (Wildman–Crippen MR) is 81.3 cm³/mol. The Kier molecular flexibility index (Phi) is 5.67. The summed E-state index contributed by atoms with van der Waals surface area (Å²) in [5, 5.41) is 5.82. The fraction of sp³-hybridized carbons (Fsp3) is 0.714. The first-order valence-electron chi connectivity index (χ1n) is 6.74. The number of methoxy groups -OCH3 is 1. The second-order valence-corrected chi connectivity index (χ2v) is 6.85. The molecule has 0 saturated heterocycles. The molecular weight excluding hydrogens is 310 g/mol. The first kappa shape index (κ1) is 14.5. The van der Waals surface area contributed by atoms with Crippen LogP contribution in [-0.2, 0) is 11.2 Å². The highest BCUT2D eigenvalue weighted by molar-refractivity contribution is 9.10. The average molecular weight is 332 g/mol. The van der Waals surface area contributed by atoms with Crippen LogP contribution in [0.1, 0.15) is 31.1 Å². The van der Waals surface area contributed by atoms with Gasteiger partial charge in [-0.2, -0.15) is 0 Å². The largest absolute Gasteiger partial charge is 0.380 e. The molecule has 0 aromatic carbocycles. The normalized spacial score (nSPS) is 18.8. The molecule has 1 aliphatic carbocycles. The molecule has 1 fully saturated rings. The zero-order valence-electron chi connectivity index (χ0n) is 11.1. The van der Waals surface area contributed by atoms with Gasteiger partial charge in [0.25, 0.3) is 0 Å². The molecule has 2 nitrogen and oxygen atoms in total. The van der Waals surface area contributed by atoms with Crippen LogP contribution in [0.5, 0.6) is 0 Å². The first-order valence-corrected chi connectivity index (χ1v) is 8.41. The van der Waals surface area contributed by atoms with Crippen LogP contribution in [0, 0.1) is 5.92 Å². The standard InChI is InChI=1S/C14H22BrNOS/c1-3-7-16-12(14(17-2)10-4-5-10)9-13-11(15)6-8-18-13/h6,8,10,12,14,16H,3-5,7,9H2,1-2H3. The molecule has 1 aromatic rings. The highest BCUT2D eigenvalue weighted by Gasteiger charge is 2.36. The van der Waals surface area contributed by atoms with E-state index in [1.807, 2.05) is 18.4 Å². The van der Waals surface area contributed by atoms with Gasteiger partial charge < -0.3 is 10.1 Å². The molecular formula is C14H22BrNOS. The monoisotopic (exact) mass is 331 g/mol. The van der Waals surface area contributed by atoms with Crippen molar-refractivity contribution in [2.75, 3.05) is 13.7 Å². The van der Waals surface area contributed by atoms with Crippen LogP contribution in [0.25, 0.3) is 0 Å². The number of nitrogens with one attached hydrogen (secondary N) is 1. The number of rotatable bonds is 8. The topological polar surface area (TPSA) is 21.3 Å². The van der Waals surface area contributed by atoms with E-state index in [1.165, 1.54) is 28.6 Å². The van der Waals surface area contributed by atoms with Gasteiger partial charge in [-0.1, -0.05) is 6.92 Å². The van der Waals surface area contributed by atoms with Gasteiger partial charge in [-0.3, -0.25) is 0 Å². The van der Waals surface area contributed by atoms with Crippen molar-refractivity contribution in [3.05, 3.63) is 20.8 Å². The molecule has 102 valence electrons. The van der Waals surface area contributed by atoms with E-state index >= 15 is 0 Å². The molecule has 0 bridgehead atoms. The lowest BCUT2D eigenvalue weighted by atomic mass is 10.0. The SMILES string of the molecule is CCCNC(Cc1sccc1Br)C(OC)C1CC1. The van der Waals surface area contributed by atoms with Crippen LogP contribution < -0.4 is 5.32 Å². The van der Waals surface area contributed by atoms with E-state index < -0.39 is 0 Å². The van der Waals surface area contributed by atoms with Crippen LogP contribution in [0.3, 0.4) is 0 Å². The Hall–Kier alpha value is 0.1000. The Labute approximate surface area is 122 Å². The second kappa shape index (κ2) is 7.04. The maximum Gasteiger partial charge on any atom is 0.0755 e. The number of halogens is 1. The maximum atomic E-state index is 5.75. The highest BCUT2D eigenvalue weighted by Crippen LogP contribution is 2.37. The molecule has 2 atom stereocenters. The number of hydrogen-bond acceptors (Lipinski definition) is 3. The minimum Gasteiger partial charge on any atom is -0.380 e. The zero-order chi connectivity index (χ0) is 13.0. The zero-order valence-corrected chi connectivity index (χ0v) is 13.5. The fourth-order valence-corrected chi connectivity index (χ4v) is 3.99. The average Bonchev–Trinajstić information content (AvgIpc) is 3.12. The number of hydrogen-bond donors (Lipinski definition) is 1. The van der Waals surface area contributed by atoms with Crippen molar-refractivity contribution in [3.63, 3.8) is 0 Å². The maximum absolute atomic E-state index is 5.75. The van der Waals surface area contributed by atoms with Crippen molar-refractivity contribution < 1.29 is 4.74 Å². The second-order valence-electron chi connectivity index (χ2n) is 4.99. The summed E-state index contributed by atoms with van der Waals surface area (Å²) in [4.78, 5) is 1.42. The molecule has 0 aliphatic heterocycles. The lowest BCUT2D eigenvalue weighted by Gasteiger charge is -2.27. The molecule has 18 heavy (non-hydrogen) atoms. The lowest BCUT2D eigenvalue weighted by molar-refractivity contribution is 0.0513. The van der Waals surface area contributed by atoms with Gasteiger partial charge >= 0.3 is 0 Å². The molecule has 4 heteroatoms. The van der Waals surface area contributed by atoms with E-state index in [1.54, 1.807) is 0 Å². The lowest BCUT2D eigenvalue weighted by Crippen LogP contribution is -2.44. The van der Waals surface area contributed by atoms with Crippen molar-refractivity contribution in [1.82, 2.24) is 5.32 Å². The Morgan fingerprint density at radius 3 is 2.83 bits per heavy atom. The van der Waals surface area contributed by atoms with Crippen LogP contribution >= 0.6 is 27.3 Å². The summed E-state index contributed by atoms with van der Waals surface area (Å²) in [6, 6.07) is 2.58. The minimum atomic E-state index is 0.366. The van der Waals surface area contributed by atoms with E-state index in [4.69, 9.17) is 4.74 Å². The van der Waals surface area contributed by atoms with Crippen molar-refractivity contribution >= 4 is 27.3 Å². The van der Waals surface area contributed by atoms with Crippen molar-refractivity contribution in [3.8, 4) is 0 Å². The van der Waals surface area contributed by atoms with Gasteiger partial charge in [-0.25, -0.2) is 0 Å². The van der Waals surface area contributed by atoms with Gasteiger partial charge in [0.2, 0.25) is 0 Å². The van der Waals surface area contributed by atoms with E-state index in [2.05, 4.69) is 39.6 Å². The van der Waals surface area contributed by atoms with E-state index in [0.29, 0.717) is 12.1 Å². The number of thiophene rings is 1. The van der Waals surface area contributed by atoms with Gasteiger partial charge in [0.1, 0.15) is 0 Å². The third kappa shape index (κ3) is 3.80. The summed E-state index contributed by atoms with van der Waals surface area (Å²) in [7, 11) is 1.85. The van der Waals surface area contributed by atoms with E-state index in [0.717, 1.165) is 18.9 Å². The van der Waals surface area contributed by atoms with Gasteiger partial charge in [0.05, 0.1) is 6.10 Å². The smallest absolute Gasteiger partial charge is 0.0755 e. The summed E-state index contributed by atoms with van der Waals surface area (Å²) in [6.07, 6.45) is 5.25. The first-order chi connectivity index (χ1) is 8.76. The molecule has 1 N–H and O–H groups in total. The van der Waals surface area contributed by atoms with Crippen LogP contribution in [-0.4, -0.2) is 25.8 Å².